The van der Waals surface area contributed by atoms with Gasteiger partial charge in [0.25, 0.3) is 5.91 Å². The molecule has 1 N–H and O–H groups in total. The number of rotatable bonds is 7. The second-order valence-corrected chi connectivity index (χ2v) is 5.37. The molecule has 24 heavy (non-hydrogen) atoms. The third-order valence-electron chi connectivity index (χ3n) is 3.71. The summed E-state index contributed by atoms with van der Waals surface area (Å²) in [7, 11) is 0. The predicted octanol–water partition coefficient (Wildman–Crippen LogP) is 3.27. The van der Waals surface area contributed by atoms with Crippen LogP contribution in [0.1, 0.15) is 37.6 Å². The molecule has 5 nitrogen and oxygen atoms in total. The van der Waals surface area contributed by atoms with Crippen LogP contribution in [0.4, 0.5) is 10.2 Å². The first-order chi connectivity index (χ1) is 11.6. The Morgan fingerprint density at radius 3 is 2.42 bits per heavy atom. The molecule has 0 atom stereocenters. The summed E-state index contributed by atoms with van der Waals surface area (Å²) in [5.74, 6) is 0.592. The fraction of sp³-hybridized carbons (Fsp3) is 0.389. The van der Waals surface area contributed by atoms with E-state index >= 15 is 0 Å². The fourth-order valence-corrected chi connectivity index (χ4v) is 2.37. The Balaban J connectivity index is 2.45. The molecule has 0 saturated heterocycles. The van der Waals surface area contributed by atoms with E-state index in [1.165, 1.54) is 12.1 Å². The van der Waals surface area contributed by atoms with Crippen molar-refractivity contribution in [2.24, 2.45) is 0 Å². The first kappa shape index (κ1) is 17.8. The number of benzene rings is 1. The molecule has 0 fully saturated rings. The van der Waals surface area contributed by atoms with Gasteiger partial charge in [0, 0.05) is 31.4 Å². The molecule has 0 spiro atoms. The van der Waals surface area contributed by atoms with Gasteiger partial charge in [0.2, 0.25) is 0 Å². The Labute approximate surface area is 141 Å². The summed E-state index contributed by atoms with van der Waals surface area (Å²) in [6.45, 7) is 8.08. The number of halogens is 1. The van der Waals surface area contributed by atoms with Crippen molar-refractivity contribution >= 4 is 11.7 Å². The summed E-state index contributed by atoms with van der Waals surface area (Å²) in [5, 5.41) is 2.86. The lowest BCUT2D eigenvalue weighted by molar-refractivity contribution is 0.0953. The predicted molar refractivity (Wildman–Crippen MR) is 93.6 cm³/mol. The number of hydrogen-bond acceptors (Lipinski definition) is 4. The van der Waals surface area contributed by atoms with Gasteiger partial charge in [-0.25, -0.2) is 14.4 Å². The van der Waals surface area contributed by atoms with Gasteiger partial charge in [0.1, 0.15) is 17.2 Å². The van der Waals surface area contributed by atoms with Crippen LogP contribution in [0, 0.1) is 5.82 Å². The van der Waals surface area contributed by atoms with Crippen LogP contribution in [-0.4, -0.2) is 35.5 Å². The van der Waals surface area contributed by atoms with E-state index in [1.54, 1.807) is 18.3 Å². The van der Waals surface area contributed by atoms with E-state index < -0.39 is 0 Å². The van der Waals surface area contributed by atoms with Crippen molar-refractivity contribution in [3.8, 4) is 11.4 Å². The molecular formula is C18H23FN4O. The van der Waals surface area contributed by atoms with Crippen molar-refractivity contribution in [3.05, 3.63) is 41.8 Å². The largest absolute Gasteiger partial charge is 0.356 e. The standard InChI is InChI=1S/C18H23FN4O/c1-4-11-20-18(24)15-12-21-16(13-7-9-14(19)10-8-13)22-17(15)23(5-2)6-3/h7-10,12H,4-6,11H2,1-3H3,(H,20,24). The van der Waals surface area contributed by atoms with Crippen LogP contribution in [0.15, 0.2) is 30.5 Å². The summed E-state index contributed by atoms with van der Waals surface area (Å²) in [6.07, 6.45) is 2.41. The van der Waals surface area contributed by atoms with Gasteiger partial charge in [-0.2, -0.15) is 0 Å². The molecule has 0 radical (unpaired) electrons. The number of amides is 1. The molecule has 128 valence electrons. The fourth-order valence-electron chi connectivity index (χ4n) is 2.37. The van der Waals surface area contributed by atoms with Gasteiger partial charge in [0.05, 0.1) is 0 Å². The number of nitrogens with zero attached hydrogens (tertiary/aromatic N) is 3. The number of carbonyl (C=O) groups excluding carboxylic acids is 1. The maximum Gasteiger partial charge on any atom is 0.256 e. The maximum atomic E-state index is 13.1. The van der Waals surface area contributed by atoms with Gasteiger partial charge in [-0.05, 0) is 44.5 Å². The van der Waals surface area contributed by atoms with E-state index in [1.807, 2.05) is 25.7 Å². The minimum absolute atomic E-state index is 0.176. The summed E-state index contributed by atoms with van der Waals surface area (Å²) in [4.78, 5) is 23.3. The topological polar surface area (TPSA) is 58.1 Å². The lowest BCUT2D eigenvalue weighted by atomic mass is 10.2. The van der Waals surface area contributed by atoms with Crippen LogP contribution in [-0.2, 0) is 0 Å². The van der Waals surface area contributed by atoms with Gasteiger partial charge in [-0.15, -0.1) is 0 Å². The van der Waals surface area contributed by atoms with Crippen molar-refractivity contribution < 1.29 is 9.18 Å². The maximum absolute atomic E-state index is 13.1. The zero-order valence-corrected chi connectivity index (χ0v) is 14.3. The Kier molecular flexibility index (Phi) is 6.23. The molecular weight excluding hydrogens is 307 g/mol. The van der Waals surface area contributed by atoms with E-state index in [0.29, 0.717) is 29.3 Å². The Morgan fingerprint density at radius 2 is 1.83 bits per heavy atom. The molecule has 1 heterocycles. The molecule has 2 rings (SSSR count). The molecule has 6 heteroatoms. The molecule has 2 aromatic rings. The van der Waals surface area contributed by atoms with Crippen molar-refractivity contribution in [3.63, 3.8) is 0 Å². The normalized spacial score (nSPS) is 10.5. The first-order valence-electron chi connectivity index (χ1n) is 8.26. The van der Waals surface area contributed by atoms with Crippen LogP contribution in [0.2, 0.25) is 0 Å². The van der Waals surface area contributed by atoms with Crippen LogP contribution in [0.25, 0.3) is 11.4 Å². The highest BCUT2D eigenvalue weighted by molar-refractivity contribution is 5.98. The molecule has 0 aliphatic rings. The minimum Gasteiger partial charge on any atom is -0.356 e. The molecule has 1 aromatic carbocycles. The Hall–Kier alpha value is -2.50. The number of hydrogen-bond donors (Lipinski definition) is 1. The van der Waals surface area contributed by atoms with Gasteiger partial charge < -0.3 is 10.2 Å². The molecule has 1 aromatic heterocycles. The van der Waals surface area contributed by atoms with E-state index in [2.05, 4.69) is 15.3 Å². The highest BCUT2D eigenvalue weighted by Crippen LogP contribution is 2.22. The number of carbonyl (C=O) groups is 1. The van der Waals surface area contributed by atoms with Crippen LogP contribution >= 0.6 is 0 Å². The smallest absolute Gasteiger partial charge is 0.256 e. The highest BCUT2D eigenvalue weighted by atomic mass is 19.1. The van der Waals surface area contributed by atoms with Crippen LogP contribution in [0.5, 0.6) is 0 Å². The van der Waals surface area contributed by atoms with Gasteiger partial charge in [-0.3, -0.25) is 4.79 Å². The third kappa shape index (κ3) is 4.07. The zero-order chi connectivity index (χ0) is 17.5. The minimum atomic E-state index is -0.307. The highest BCUT2D eigenvalue weighted by Gasteiger charge is 2.18. The molecule has 1 amide bonds. The number of anilines is 1. The van der Waals surface area contributed by atoms with Crippen molar-refractivity contribution in [1.82, 2.24) is 15.3 Å². The zero-order valence-electron chi connectivity index (χ0n) is 14.3. The average molecular weight is 330 g/mol. The third-order valence-corrected chi connectivity index (χ3v) is 3.71. The molecule has 0 aliphatic carbocycles. The van der Waals surface area contributed by atoms with Crippen LogP contribution in [0.3, 0.4) is 0 Å². The van der Waals surface area contributed by atoms with Gasteiger partial charge in [0.15, 0.2) is 5.82 Å². The first-order valence-corrected chi connectivity index (χ1v) is 8.26. The molecule has 0 saturated carbocycles. The Bertz CT molecular complexity index is 684. The second-order valence-electron chi connectivity index (χ2n) is 5.37. The van der Waals surface area contributed by atoms with Crippen molar-refractivity contribution in [1.29, 1.82) is 0 Å². The average Bonchev–Trinajstić information content (AvgIpc) is 2.61. The van der Waals surface area contributed by atoms with Crippen LogP contribution < -0.4 is 10.2 Å². The van der Waals surface area contributed by atoms with E-state index in [-0.39, 0.29) is 11.7 Å². The van der Waals surface area contributed by atoms with E-state index in [4.69, 9.17) is 0 Å². The number of nitrogens with one attached hydrogen (secondary N) is 1. The summed E-state index contributed by atoms with van der Waals surface area (Å²) in [6, 6.07) is 6.01. The summed E-state index contributed by atoms with van der Waals surface area (Å²) >= 11 is 0. The summed E-state index contributed by atoms with van der Waals surface area (Å²) in [5.41, 5.74) is 1.17. The molecule has 0 bridgehead atoms. The second kappa shape index (κ2) is 8.38. The summed E-state index contributed by atoms with van der Waals surface area (Å²) < 4.78 is 13.1. The lowest BCUT2D eigenvalue weighted by Crippen LogP contribution is -2.30. The van der Waals surface area contributed by atoms with Gasteiger partial charge >= 0.3 is 0 Å². The van der Waals surface area contributed by atoms with Gasteiger partial charge in [-0.1, -0.05) is 6.92 Å². The lowest BCUT2D eigenvalue weighted by Gasteiger charge is -2.22. The van der Waals surface area contributed by atoms with Crippen molar-refractivity contribution in [2.75, 3.05) is 24.5 Å². The van der Waals surface area contributed by atoms with Crippen molar-refractivity contribution in [2.45, 2.75) is 27.2 Å². The van der Waals surface area contributed by atoms with E-state index in [0.717, 1.165) is 19.5 Å². The Morgan fingerprint density at radius 1 is 1.17 bits per heavy atom. The van der Waals surface area contributed by atoms with E-state index in [9.17, 15) is 9.18 Å². The SMILES string of the molecule is CCCNC(=O)c1cnc(-c2ccc(F)cc2)nc1N(CC)CC. The molecule has 0 aliphatic heterocycles. The molecule has 0 unspecified atom stereocenters. The quantitative estimate of drug-likeness (QED) is 0.846. The number of aromatic nitrogens is 2. The monoisotopic (exact) mass is 330 g/mol.